The van der Waals surface area contributed by atoms with Gasteiger partial charge in [0.15, 0.2) is 0 Å². The van der Waals surface area contributed by atoms with Crippen LogP contribution < -0.4 is 0 Å². The van der Waals surface area contributed by atoms with Crippen molar-refractivity contribution in [3.8, 4) is 0 Å². The first kappa shape index (κ1) is 15.8. The monoisotopic (exact) mass is 336 g/mol. The fraction of sp³-hybridized carbons (Fsp3) is 0.316. The van der Waals surface area contributed by atoms with E-state index < -0.39 is 0 Å². The number of aromatic nitrogens is 3. The van der Waals surface area contributed by atoms with Gasteiger partial charge in [-0.1, -0.05) is 18.2 Å². The lowest BCUT2D eigenvalue weighted by atomic mass is 10.1. The van der Waals surface area contributed by atoms with Gasteiger partial charge in [0.25, 0.3) is 5.91 Å². The van der Waals surface area contributed by atoms with Crippen molar-refractivity contribution in [3.05, 3.63) is 59.8 Å². The average Bonchev–Trinajstić information content (AvgIpc) is 3.05. The zero-order valence-electron chi connectivity index (χ0n) is 14.3. The summed E-state index contributed by atoms with van der Waals surface area (Å²) < 4.78 is 7.39. The van der Waals surface area contributed by atoms with Gasteiger partial charge in [0, 0.05) is 31.8 Å². The summed E-state index contributed by atoms with van der Waals surface area (Å²) in [7, 11) is 1.68. The quantitative estimate of drug-likeness (QED) is 0.738. The van der Waals surface area contributed by atoms with Crippen LogP contribution in [0.4, 0.5) is 0 Å². The Kier molecular flexibility index (Phi) is 3.97. The lowest BCUT2D eigenvalue weighted by Gasteiger charge is -2.34. The molecule has 1 aromatic carbocycles. The summed E-state index contributed by atoms with van der Waals surface area (Å²) >= 11 is 0. The molecule has 0 spiro atoms. The minimum Gasteiger partial charge on any atom is -0.378 e. The smallest absolute Gasteiger partial charge is 0.255 e. The van der Waals surface area contributed by atoms with E-state index in [1.54, 1.807) is 19.4 Å². The lowest BCUT2D eigenvalue weighted by Crippen LogP contribution is -2.41. The standard InChI is InChI=1S/C19H20N4O2/c1-13-18-21-11-14(12-25-2)23(18)10-9-22(13)19(24)16-7-8-20-17-6-4-3-5-15(16)17/h3-8,11,13H,9-10,12H2,1-2H3. The van der Waals surface area contributed by atoms with Crippen LogP contribution in [0.5, 0.6) is 0 Å². The SMILES string of the molecule is COCc1cnc2n1CCN(C(=O)c1ccnc3ccccc13)C2C. The van der Waals surface area contributed by atoms with Crippen molar-refractivity contribution < 1.29 is 9.53 Å². The van der Waals surface area contributed by atoms with Crippen LogP contribution in [0.25, 0.3) is 10.9 Å². The molecule has 2 aromatic heterocycles. The van der Waals surface area contributed by atoms with E-state index in [4.69, 9.17) is 4.74 Å². The number of rotatable bonds is 3. The fourth-order valence-corrected chi connectivity index (χ4v) is 3.54. The van der Waals surface area contributed by atoms with Gasteiger partial charge in [-0.25, -0.2) is 4.98 Å². The number of fused-ring (bicyclic) bond motifs is 2. The lowest BCUT2D eigenvalue weighted by molar-refractivity contribution is 0.0634. The van der Waals surface area contributed by atoms with Gasteiger partial charge in [-0.15, -0.1) is 0 Å². The highest BCUT2D eigenvalue weighted by molar-refractivity contribution is 6.06. The van der Waals surface area contributed by atoms with Crippen LogP contribution in [-0.2, 0) is 17.9 Å². The van der Waals surface area contributed by atoms with Gasteiger partial charge in [0.05, 0.1) is 35.6 Å². The highest BCUT2D eigenvalue weighted by Gasteiger charge is 2.31. The van der Waals surface area contributed by atoms with Gasteiger partial charge in [-0.2, -0.15) is 0 Å². The van der Waals surface area contributed by atoms with Crippen LogP contribution in [-0.4, -0.2) is 39.0 Å². The third kappa shape index (κ3) is 2.59. The number of ether oxygens (including phenoxy) is 1. The van der Waals surface area contributed by atoms with Crippen molar-refractivity contribution in [3.63, 3.8) is 0 Å². The number of benzene rings is 1. The average molecular weight is 336 g/mol. The van der Waals surface area contributed by atoms with Crippen molar-refractivity contribution in [2.75, 3.05) is 13.7 Å². The van der Waals surface area contributed by atoms with Crippen molar-refractivity contribution in [2.45, 2.75) is 26.1 Å². The number of pyridine rings is 1. The molecule has 1 atom stereocenters. The highest BCUT2D eigenvalue weighted by Crippen LogP contribution is 2.28. The van der Waals surface area contributed by atoms with Gasteiger partial charge in [0.2, 0.25) is 0 Å². The molecule has 4 rings (SSSR count). The maximum atomic E-state index is 13.2. The summed E-state index contributed by atoms with van der Waals surface area (Å²) in [6.45, 7) is 3.93. The van der Waals surface area contributed by atoms with Crippen molar-refractivity contribution in [1.82, 2.24) is 19.4 Å². The normalized spacial score (nSPS) is 16.9. The summed E-state index contributed by atoms with van der Waals surface area (Å²) in [5.41, 5.74) is 2.57. The van der Waals surface area contributed by atoms with Crippen LogP contribution in [0.3, 0.4) is 0 Å². The second-order valence-electron chi connectivity index (χ2n) is 6.24. The van der Waals surface area contributed by atoms with Crippen LogP contribution >= 0.6 is 0 Å². The van der Waals surface area contributed by atoms with Gasteiger partial charge < -0.3 is 14.2 Å². The predicted octanol–water partition coefficient (Wildman–Crippen LogP) is 2.79. The van der Waals surface area contributed by atoms with E-state index in [1.165, 1.54) is 0 Å². The molecular formula is C19H20N4O2. The first-order valence-electron chi connectivity index (χ1n) is 8.38. The summed E-state index contributed by atoms with van der Waals surface area (Å²) in [6.07, 6.45) is 3.53. The Morgan fingerprint density at radius 1 is 1.24 bits per heavy atom. The number of methoxy groups -OCH3 is 1. The van der Waals surface area contributed by atoms with E-state index >= 15 is 0 Å². The van der Waals surface area contributed by atoms with Gasteiger partial charge in [-0.05, 0) is 19.1 Å². The van der Waals surface area contributed by atoms with E-state index in [9.17, 15) is 4.79 Å². The van der Waals surface area contributed by atoms with E-state index in [0.717, 1.165) is 29.0 Å². The maximum Gasteiger partial charge on any atom is 0.255 e. The third-order valence-corrected chi connectivity index (χ3v) is 4.81. The number of carbonyl (C=O) groups is 1. The Bertz CT molecular complexity index is 929. The number of nitrogens with zero attached hydrogens (tertiary/aromatic N) is 4. The zero-order chi connectivity index (χ0) is 17.4. The molecular weight excluding hydrogens is 316 g/mol. The maximum absolute atomic E-state index is 13.2. The molecule has 0 N–H and O–H groups in total. The van der Waals surface area contributed by atoms with Crippen LogP contribution in [0, 0.1) is 0 Å². The Balaban J connectivity index is 1.69. The van der Waals surface area contributed by atoms with Gasteiger partial charge >= 0.3 is 0 Å². The Labute approximate surface area is 146 Å². The zero-order valence-corrected chi connectivity index (χ0v) is 14.3. The minimum atomic E-state index is -0.0845. The second-order valence-corrected chi connectivity index (χ2v) is 6.24. The molecule has 0 bridgehead atoms. The molecule has 1 aliphatic rings. The number of carbonyl (C=O) groups excluding carboxylic acids is 1. The molecule has 1 unspecified atom stereocenters. The van der Waals surface area contributed by atoms with Crippen molar-refractivity contribution in [1.29, 1.82) is 0 Å². The minimum absolute atomic E-state index is 0.0219. The first-order chi connectivity index (χ1) is 12.2. The molecule has 0 aliphatic carbocycles. The molecule has 3 heterocycles. The number of amides is 1. The molecule has 128 valence electrons. The Morgan fingerprint density at radius 2 is 2.08 bits per heavy atom. The van der Waals surface area contributed by atoms with Crippen LogP contribution in [0.1, 0.15) is 34.8 Å². The largest absolute Gasteiger partial charge is 0.378 e. The van der Waals surface area contributed by atoms with E-state index in [-0.39, 0.29) is 11.9 Å². The van der Waals surface area contributed by atoms with E-state index in [0.29, 0.717) is 18.7 Å². The number of hydrogen-bond donors (Lipinski definition) is 0. The Morgan fingerprint density at radius 3 is 2.92 bits per heavy atom. The number of para-hydroxylation sites is 1. The molecule has 1 amide bonds. The molecule has 0 radical (unpaired) electrons. The first-order valence-corrected chi connectivity index (χ1v) is 8.38. The molecule has 1 aliphatic heterocycles. The molecule has 6 heteroatoms. The van der Waals surface area contributed by atoms with Gasteiger partial charge in [-0.3, -0.25) is 9.78 Å². The predicted molar refractivity (Wildman–Crippen MR) is 94.1 cm³/mol. The van der Waals surface area contributed by atoms with Crippen molar-refractivity contribution in [2.24, 2.45) is 0 Å². The van der Waals surface area contributed by atoms with E-state index in [1.807, 2.05) is 42.3 Å². The Hall–Kier alpha value is -2.73. The molecule has 0 saturated carbocycles. The summed E-state index contributed by atoms with van der Waals surface area (Å²) in [5, 5.41) is 0.885. The third-order valence-electron chi connectivity index (χ3n) is 4.81. The topological polar surface area (TPSA) is 60.2 Å². The summed E-state index contributed by atoms with van der Waals surface area (Å²) in [5.74, 6) is 0.929. The van der Waals surface area contributed by atoms with Gasteiger partial charge in [0.1, 0.15) is 5.82 Å². The van der Waals surface area contributed by atoms with Crippen LogP contribution in [0.15, 0.2) is 42.7 Å². The molecule has 0 saturated heterocycles. The highest BCUT2D eigenvalue weighted by atomic mass is 16.5. The summed E-state index contributed by atoms with van der Waals surface area (Å²) in [4.78, 5) is 24.0. The van der Waals surface area contributed by atoms with E-state index in [2.05, 4.69) is 14.5 Å². The molecule has 6 nitrogen and oxygen atoms in total. The number of hydrogen-bond acceptors (Lipinski definition) is 4. The molecule has 25 heavy (non-hydrogen) atoms. The number of imidazole rings is 1. The summed E-state index contributed by atoms with van der Waals surface area (Å²) in [6, 6.07) is 9.45. The second kappa shape index (κ2) is 6.29. The van der Waals surface area contributed by atoms with Crippen molar-refractivity contribution >= 4 is 16.8 Å². The van der Waals surface area contributed by atoms with Crippen LogP contribution in [0.2, 0.25) is 0 Å². The fourth-order valence-electron chi connectivity index (χ4n) is 3.54. The molecule has 0 fully saturated rings. The molecule has 3 aromatic rings.